The second kappa shape index (κ2) is 5.01. The maximum absolute atomic E-state index is 12.2. The number of hydroxylamine groups is 2. The fourth-order valence-corrected chi connectivity index (χ4v) is 2.62. The van der Waals surface area contributed by atoms with Gasteiger partial charge in [-0.15, -0.1) is 0 Å². The summed E-state index contributed by atoms with van der Waals surface area (Å²) >= 11 is 0. The van der Waals surface area contributed by atoms with Crippen LogP contribution in [0.3, 0.4) is 0 Å². The number of nitrogens with zero attached hydrogens (tertiary/aromatic N) is 3. The predicted octanol–water partition coefficient (Wildman–Crippen LogP) is -0.00550. The number of hydrogen-bond acceptors (Lipinski definition) is 6. The number of hydrogen-bond donors (Lipinski definition) is 1. The smallest absolute Gasteiger partial charge is 0.349 e. The first-order valence-electron chi connectivity index (χ1n) is 7.12. The highest BCUT2D eigenvalue weighted by Crippen LogP contribution is 2.23. The molecule has 1 aromatic heterocycles. The van der Waals surface area contributed by atoms with Gasteiger partial charge in [-0.05, 0) is 12.1 Å². The Labute approximate surface area is 134 Å². The van der Waals surface area contributed by atoms with Crippen molar-refractivity contribution in [2.24, 2.45) is 0 Å². The van der Waals surface area contributed by atoms with Crippen LogP contribution < -0.4 is 5.32 Å². The number of carbonyl (C=O) groups is 4. The van der Waals surface area contributed by atoms with Gasteiger partial charge in [0, 0.05) is 12.6 Å². The molecular formula is C15H10N4O5. The van der Waals surface area contributed by atoms with Crippen molar-refractivity contribution in [2.45, 2.75) is 6.54 Å². The summed E-state index contributed by atoms with van der Waals surface area (Å²) < 4.78 is 1.37. The average Bonchev–Trinajstić information content (AvgIpc) is 3.12. The molecule has 2 aliphatic rings. The molecule has 0 bridgehead atoms. The topological polar surface area (TPSA) is 111 Å². The lowest BCUT2D eigenvalue weighted by Gasteiger charge is -2.13. The van der Waals surface area contributed by atoms with E-state index in [0.29, 0.717) is 18.2 Å². The monoisotopic (exact) mass is 326 g/mol. The molecule has 2 aromatic rings. The number of rotatable bonds is 2. The van der Waals surface area contributed by atoms with E-state index in [9.17, 15) is 19.2 Å². The van der Waals surface area contributed by atoms with Gasteiger partial charge in [0.25, 0.3) is 17.7 Å². The Bertz CT molecular complexity index is 881. The quantitative estimate of drug-likeness (QED) is 0.777. The van der Waals surface area contributed by atoms with E-state index in [1.165, 1.54) is 22.9 Å². The Balaban J connectivity index is 1.59. The van der Waals surface area contributed by atoms with Crippen molar-refractivity contribution in [1.82, 2.24) is 20.2 Å². The average molecular weight is 326 g/mol. The third kappa shape index (κ3) is 1.98. The molecule has 0 atom stereocenters. The van der Waals surface area contributed by atoms with Gasteiger partial charge in [-0.25, -0.2) is 4.79 Å². The highest BCUT2D eigenvalue weighted by molar-refractivity contribution is 6.21. The Morgan fingerprint density at radius 1 is 1.12 bits per heavy atom. The molecule has 0 fully saturated rings. The summed E-state index contributed by atoms with van der Waals surface area (Å²) in [6.07, 6.45) is 0. The highest BCUT2D eigenvalue weighted by atomic mass is 16.7. The maximum Gasteiger partial charge on any atom is 0.384 e. The van der Waals surface area contributed by atoms with Gasteiger partial charge in [-0.2, -0.15) is 5.10 Å². The van der Waals surface area contributed by atoms with Crippen LogP contribution in [-0.2, 0) is 11.4 Å². The van der Waals surface area contributed by atoms with Gasteiger partial charge in [0.1, 0.15) is 5.69 Å². The fourth-order valence-electron chi connectivity index (χ4n) is 2.62. The minimum Gasteiger partial charge on any atom is -0.349 e. The number of nitrogens with one attached hydrogen (secondary N) is 1. The number of amides is 3. The second-order valence-electron chi connectivity index (χ2n) is 5.22. The summed E-state index contributed by atoms with van der Waals surface area (Å²) in [6, 6.07) is 7.43. The molecule has 9 nitrogen and oxygen atoms in total. The Kier molecular flexibility index (Phi) is 2.95. The van der Waals surface area contributed by atoms with Gasteiger partial charge in [0.05, 0.1) is 17.7 Å². The summed E-state index contributed by atoms with van der Waals surface area (Å²) in [5, 5.41) is 7.00. The summed E-state index contributed by atoms with van der Waals surface area (Å²) in [7, 11) is 0. The van der Waals surface area contributed by atoms with E-state index in [-0.39, 0.29) is 28.4 Å². The standard InChI is InChI=1S/C15H10N4O5/c20-12-11-7-10(17-18(11)6-5-16-12)15(23)24-19-13(21)8-3-1-2-4-9(8)14(19)22/h1-4,7H,5-6H2,(H,16,20). The van der Waals surface area contributed by atoms with Crippen LogP contribution in [0.2, 0.25) is 0 Å². The number of carbonyl (C=O) groups excluding carboxylic acids is 4. The van der Waals surface area contributed by atoms with Gasteiger partial charge in [0.2, 0.25) is 0 Å². The van der Waals surface area contributed by atoms with Gasteiger partial charge in [0.15, 0.2) is 5.69 Å². The SMILES string of the molecule is O=C(ON1C(=O)c2ccccc2C1=O)c1cc2n(n1)CCNC2=O. The van der Waals surface area contributed by atoms with Crippen molar-refractivity contribution in [3.8, 4) is 0 Å². The zero-order chi connectivity index (χ0) is 16.8. The lowest BCUT2D eigenvalue weighted by molar-refractivity contribution is -0.0588. The van der Waals surface area contributed by atoms with Crippen LogP contribution in [0.1, 0.15) is 41.7 Å². The zero-order valence-electron chi connectivity index (χ0n) is 12.2. The lowest BCUT2D eigenvalue weighted by Crippen LogP contribution is -2.35. The van der Waals surface area contributed by atoms with E-state index in [1.54, 1.807) is 12.1 Å². The van der Waals surface area contributed by atoms with E-state index >= 15 is 0 Å². The molecular weight excluding hydrogens is 316 g/mol. The van der Waals surface area contributed by atoms with Gasteiger partial charge >= 0.3 is 5.97 Å². The Morgan fingerprint density at radius 2 is 1.79 bits per heavy atom. The Hall–Kier alpha value is -3.49. The zero-order valence-corrected chi connectivity index (χ0v) is 12.2. The van der Waals surface area contributed by atoms with E-state index in [2.05, 4.69) is 10.4 Å². The summed E-state index contributed by atoms with van der Waals surface area (Å²) in [5.41, 5.74) is 0.395. The van der Waals surface area contributed by atoms with Crippen LogP contribution in [0.5, 0.6) is 0 Å². The first kappa shape index (κ1) is 14.1. The molecule has 3 amide bonds. The van der Waals surface area contributed by atoms with Gasteiger partial charge in [-0.3, -0.25) is 19.1 Å². The molecule has 0 unspecified atom stereocenters. The Morgan fingerprint density at radius 3 is 2.42 bits per heavy atom. The fraction of sp³-hybridized carbons (Fsp3) is 0.133. The largest absolute Gasteiger partial charge is 0.384 e. The van der Waals surface area contributed by atoms with Crippen LogP contribution >= 0.6 is 0 Å². The van der Waals surface area contributed by atoms with Crippen LogP contribution in [0.15, 0.2) is 30.3 Å². The normalized spacial score (nSPS) is 15.8. The third-order valence-electron chi connectivity index (χ3n) is 3.76. The minimum atomic E-state index is -0.987. The van der Waals surface area contributed by atoms with Gasteiger partial charge in [-0.1, -0.05) is 17.2 Å². The molecule has 2 aliphatic heterocycles. The van der Waals surface area contributed by atoms with Crippen molar-refractivity contribution < 1.29 is 24.0 Å². The first-order valence-corrected chi connectivity index (χ1v) is 7.12. The van der Waals surface area contributed by atoms with Crippen molar-refractivity contribution in [1.29, 1.82) is 0 Å². The lowest BCUT2D eigenvalue weighted by atomic mass is 10.1. The van der Waals surface area contributed by atoms with Crippen molar-refractivity contribution in [2.75, 3.05) is 6.54 Å². The number of benzene rings is 1. The van der Waals surface area contributed by atoms with E-state index < -0.39 is 17.8 Å². The molecule has 1 N–H and O–H groups in total. The van der Waals surface area contributed by atoms with Crippen LogP contribution in [-0.4, -0.2) is 45.1 Å². The summed E-state index contributed by atoms with van der Waals surface area (Å²) in [5.74, 6) is -2.77. The predicted molar refractivity (Wildman–Crippen MR) is 76.9 cm³/mol. The maximum atomic E-state index is 12.2. The summed E-state index contributed by atoms with van der Waals surface area (Å²) in [4.78, 5) is 53.1. The van der Waals surface area contributed by atoms with E-state index in [0.717, 1.165) is 0 Å². The minimum absolute atomic E-state index is 0.154. The second-order valence-corrected chi connectivity index (χ2v) is 5.22. The van der Waals surface area contributed by atoms with Crippen molar-refractivity contribution in [3.05, 3.63) is 52.8 Å². The molecule has 0 radical (unpaired) electrons. The highest BCUT2D eigenvalue weighted by Gasteiger charge is 2.39. The molecule has 1 aromatic carbocycles. The molecule has 4 rings (SSSR count). The van der Waals surface area contributed by atoms with E-state index in [1.807, 2.05) is 0 Å². The van der Waals surface area contributed by atoms with Crippen LogP contribution in [0, 0.1) is 0 Å². The number of fused-ring (bicyclic) bond motifs is 2. The summed E-state index contributed by atoms with van der Waals surface area (Å²) in [6.45, 7) is 0.821. The van der Waals surface area contributed by atoms with Crippen molar-refractivity contribution >= 4 is 23.7 Å². The molecule has 0 saturated carbocycles. The van der Waals surface area contributed by atoms with Crippen molar-refractivity contribution in [3.63, 3.8) is 0 Å². The number of imide groups is 1. The molecule has 0 spiro atoms. The van der Waals surface area contributed by atoms with Crippen LogP contribution in [0.25, 0.3) is 0 Å². The van der Waals surface area contributed by atoms with Gasteiger partial charge < -0.3 is 10.2 Å². The molecule has 9 heteroatoms. The molecule has 3 heterocycles. The molecule has 120 valence electrons. The molecule has 0 aliphatic carbocycles. The molecule has 0 saturated heterocycles. The van der Waals surface area contributed by atoms with E-state index in [4.69, 9.17) is 4.84 Å². The number of aromatic nitrogens is 2. The van der Waals surface area contributed by atoms with Crippen LogP contribution in [0.4, 0.5) is 0 Å². The first-order chi connectivity index (χ1) is 11.6. The molecule has 24 heavy (non-hydrogen) atoms. The third-order valence-corrected chi connectivity index (χ3v) is 3.76.